The normalized spacial score (nSPS) is 16.9. The summed E-state index contributed by atoms with van der Waals surface area (Å²) in [5.74, 6) is -0.110. The van der Waals surface area contributed by atoms with Crippen molar-refractivity contribution in [3.63, 3.8) is 0 Å². The summed E-state index contributed by atoms with van der Waals surface area (Å²) in [7, 11) is -3.63. The fourth-order valence-electron chi connectivity index (χ4n) is 3.61. The third-order valence-electron chi connectivity index (χ3n) is 5.14. The molecule has 1 fully saturated rings. The zero-order chi connectivity index (χ0) is 18.9. The van der Waals surface area contributed by atoms with E-state index >= 15 is 0 Å². The van der Waals surface area contributed by atoms with Crippen molar-refractivity contribution in [2.45, 2.75) is 37.1 Å². The van der Waals surface area contributed by atoms with Crippen LogP contribution in [-0.4, -0.2) is 27.4 Å². The van der Waals surface area contributed by atoms with Gasteiger partial charge in [-0.05, 0) is 60.7 Å². The molecule has 0 bridgehead atoms. The number of anilines is 2. The molecule has 0 saturated carbocycles. The largest absolute Gasteiger partial charge is 0.372 e. The molecule has 6 nitrogen and oxygen atoms in total. The smallest absolute Gasteiger partial charge is 0.240 e. The van der Waals surface area contributed by atoms with E-state index in [1.54, 1.807) is 12.1 Å². The van der Waals surface area contributed by atoms with Crippen LogP contribution in [0.25, 0.3) is 0 Å². The first-order valence-electron chi connectivity index (χ1n) is 9.28. The fraction of sp³-hybridized carbons (Fsp3) is 0.350. The Morgan fingerprint density at radius 1 is 1.00 bits per heavy atom. The summed E-state index contributed by atoms with van der Waals surface area (Å²) in [6.45, 7) is 2.40. The lowest BCUT2D eigenvalue weighted by Crippen LogP contribution is -2.29. The molecule has 0 spiro atoms. The van der Waals surface area contributed by atoms with Crippen molar-refractivity contribution in [3.05, 3.63) is 53.6 Å². The van der Waals surface area contributed by atoms with Gasteiger partial charge in [-0.1, -0.05) is 12.1 Å². The molecule has 1 saturated heterocycles. The molecule has 0 aromatic heterocycles. The first kappa shape index (κ1) is 18.0. The molecule has 0 aliphatic carbocycles. The van der Waals surface area contributed by atoms with Crippen LogP contribution in [0.3, 0.4) is 0 Å². The minimum atomic E-state index is -3.63. The second kappa shape index (κ2) is 7.32. The lowest BCUT2D eigenvalue weighted by molar-refractivity contribution is -0.115. The van der Waals surface area contributed by atoms with E-state index in [1.165, 1.54) is 31.0 Å². The van der Waals surface area contributed by atoms with Crippen molar-refractivity contribution in [2.75, 3.05) is 23.3 Å². The molecule has 2 aromatic rings. The molecule has 0 atom stereocenters. The van der Waals surface area contributed by atoms with Crippen LogP contribution in [0.1, 0.15) is 30.4 Å². The maximum absolute atomic E-state index is 12.6. The van der Waals surface area contributed by atoms with Gasteiger partial charge < -0.3 is 10.2 Å². The van der Waals surface area contributed by atoms with Crippen LogP contribution in [0.15, 0.2) is 47.4 Å². The number of fused-ring (bicyclic) bond motifs is 1. The van der Waals surface area contributed by atoms with Gasteiger partial charge in [0, 0.05) is 31.0 Å². The average Bonchev–Trinajstić information content (AvgIpc) is 3.07. The first-order valence-corrected chi connectivity index (χ1v) is 10.8. The van der Waals surface area contributed by atoms with Gasteiger partial charge >= 0.3 is 0 Å². The van der Waals surface area contributed by atoms with E-state index in [4.69, 9.17) is 0 Å². The Hall–Kier alpha value is -2.38. The van der Waals surface area contributed by atoms with E-state index in [2.05, 4.69) is 27.1 Å². The number of hydrogen-bond acceptors (Lipinski definition) is 4. The van der Waals surface area contributed by atoms with Crippen LogP contribution in [-0.2, 0) is 27.8 Å². The van der Waals surface area contributed by atoms with Crippen LogP contribution in [0.5, 0.6) is 0 Å². The highest BCUT2D eigenvalue weighted by molar-refractivity contribution is 7.89. The molecule has 4 rings (SSSR count). The summed E-state index contributed by atoms with van der Waals surface area (Å²) in [6, 6.07) is 12.8. The summed E-state index contributed by atoms with van der Waals surface area (Å²) in [5.41, 5.74) is 3.51. The molecule has 2 heterocycles. The highest BCUT2D eigenvalue weighted by Gasteiger charge is 2.21. The van der Waals surface area contributed by atoms with E-state index in [0.29, 0.717) is 11.3 Å². The Morgan fingerprint density at radius 2 is 1.74 bits per heavy atom. The molecule has 2 aliphatic rings. The molecule has 7 heteroatoms. The number of hydrogen-bond donors (Lipinski definition) is 2. The van der Waals surface area contributed by atoms with Crippen molar-refractivity contribution >= 4 is 27.3 Å². The Labute approximate surface area is 159 Å². The SMILES string of the molecule is O=C1Cc2cc(S(=O)(=O)NCc3ccc(N4CCCCC4)cc3)ccc2N1. The summed E-state index contributed by atoms with van der Waals surface area (Å²) in [6.07, 6.45) is 3.97. The topological polar surface area (TPSA) is 78.5 Å². The number of nitrogens with one attached hydrogen (secondary N) is 2. The van der Waals surface area contributed by atoms with Gasteiger partial charge in [-0.3, -0.25) is 4.79 Å². The summed E-state index contributed by atoms with van der Waals surface area (Å²) >= 11 is 0. The van der Waals surface area contributed by atoms with Crippen molar-refractivity contribution in [2.24, 2.45) is 0 Å². The molecular weight excluding hydrogens is 362 g/mol. The Kier molecular flexibility index (Phi) is 4.88. The molecule has 2 aliphatic heterocycles. The van der Waals surface area contributed by atoms with Gasteiger partial charge in [0.15, 0.2) is 0 Å². The number of carbonyl (C=O) groups excluding carboxylic acids is 1. The Balaban J connectivity index is 1.42. The van der Waals surface area contributed by atoms with Crippen molar-refractivity contribution < 1.29 is 13.2 Å². The Morgan fingerprint density at radius 3 is 2.48 bits per heavy atom. The van der Waals surface area contributed by atoms with Gasteiger partial charge in [-0.15, -0.1) is 0 Å². The third kappa shape index (κ3) is 3.99. The fourth-order valence-corrected chi connectivity index (χ4v) is 4.68. The van der Waals surface area contributed by atoms with Crippen LogP contribution in [0, 0.1) is 0 Å². The lowest BCUT2D eigenvalue weighted by Gasteiger charge is -2.28. The van der Waals surface area contributed by atoms with E-state index in [0.717, 1.165) is 18.7 Å². The highest BCUT2D eigenvalue weighted by Crippen LogP contribution is 2.26. The molecule has 0 unspecified atom stereocenters. The minimum Gasteiger partial charge on any atom is -0.372 e. The number of rotatable bonds is 5. The van der Waals surface area contributed by atoms with Crippen LogP contribution >= 0.6 is 0 Å². The van der Waals surface area contributed by atoms with Crippen LogP contribution in [0.4, 0.5) is 11.4 Å². The summed E-state index contributed by atoms with van der Waals surface area (Å²) in [4.78, 5) is 14.0. The average molecular weight is 385 g/mol. The number of piperidine rings is 1. The van der Waals surface area contributed by atoms with Crippen molar-refractivity contribution in [1.29, 1.82) is 0 Å². The van der Waals surface area contributed by atoms with Gasteiger partial charge in [0.25, 0.3) is 0 Å². The molecule has 142 valence electrons. The second-order valence-corrected chi connectivity index (χ2v) is 8.85. The number of sulfonamides is 1. The van der Waals surface area contributed by atoms with Gasteiger partial charge in [0.05, 0.1) is 11.3 Å². The minimum absolute atomic E-state index is 0.110. The van der Waals surface area contributed by atoms with E-state index < -0.39 is 10.0 Å². The lowest BCUT2D eigenvalue weighted by atomic mass is 10.1. The van der Waals surface area contributed by atoms with Crippen molar-refractivity contribution in [3.8, 4) is 0 Å². The molecule has 1 amide bonds. The Bertz CT molecular complexity index is 949. The summed E-state index contributed by atoms with van der Waals surface area (Å²) in [5, 5.41) is 2.71. The highest BCUT2D eigenvalue weighted by atomic mass is 32.2. The first-order chi connectivity index (χ1) is 13.0. The molecule has 0 radical (unpaired) electrons. The maximum Gasteiger partial charge on any atom is 0.240 e. The van der Waals surface area contributed by atoms with Crippen LogP contribution in [0.2, 0.25) is 0 Å². The van der Waals surface area contributed by atoms with E-state index in [9.17, 15) is 13.2 Å². The van der Waals surface area contributed by atoms with E-state index in [-0.39, 0.29) is 23.8 Å². The van der Waals surface area contributed by atoms with Gasteiger partial charge in [0.1, 0.15) is 0 Å². The number of nitrogens with zero attached hydrogens (tertiary/aromatic N) is 1. The molecule has 27 heavy (non-hydrogen) atoms. The second-order valence-electron chi connectivity index (χ2n) is 7.08. The standard InChI is InChI=1S/C20H23N3O3S/c24-20-13-16-12-18(8-9-19(16)22-20)27(25,26)21-14-15-4-6-17(7-5-15)23-10-2-1-3-11-23/h4-9,12,21H,1-3,10-11,13-14H2,(H,22,24). The quantitative estimate of drug-likeness (QED) is 0.829. The van der Waals surface area contributed by atoms with Gasteiger partial charge in [-0.25, -0.2) is 13.1 Å². The van der Waals surface area contributed by atoms with E-state index in [1.807, 2.05) is 12.1 Å². The number of amides is 1. The monoisotopic (exact) mass is 385 g/mol. The third-order valence-corrected chi connectivity index (χ3v) is 6.53. The van der Waals surface area contributed by atoms with Gasteiger partial charge in [0.2, 0.25) is 15.9 Å². The number of carbonyl (C=O) groups is 1. The molecule has 2 aromatic carbocycles. The zero-order valence-corrected chi connectivity index (χ0v) is 15.9. The summed E-state index contributed by atoms with van der Waals surface area (Å²) < 4.78 is 27.8. The number of benzene rings is 2. The van der Waals surface area contributed by atoms with Crippen molar-refractivity contribution in [1.82, 2.24) is 4.72 Å². The molecule has 2 N–H and O–H groups in total. The predicted molar refractivity (Wildman–Crippen MR) is 105 cm³/mol. The zero-order valence-electron chi connectivity index (χ0n) is 15.1. The predicted octanol–water partition coefficient (Wildman–Crippen LogP) is 2.65. The van der Waals surface area contributed by atoms with Gasteiger partial charge in [-0.2, -0.15) is 0 Å². The van der Waals surface area contributed by atoms with Crippen LogP contribution < -0.4 is 14.9 Å². The maximum atomic E-state index is 12.6. The molecular formula is C20H23N3O3S.